The molecule has 6 heteroatoms. The van der Waals surface area contributed by atoms with Gasteiger partial charge in [0.1, 0.15) is 9.96 Å². The lowest BCUT2D eigenvalue weighted by Gasteiger charge is -1.99. The van der Waals surface area contributed by atoms with Gasteiger partial charge in [0, 0.05) is 10.1 Å². The number of aryl methyl sites for hydroxylation is 1. The lowest BCUT2D eigenvalue weighted by molar-refractivity contribution is 0.415. The van der Waals surface area contributed by atoms with E-state index in [1.165, 1.54) is 11.3 Å². The second-order valence-electron chi connectivity index (χ2n) is 3.42. The molecule has 1 heterocycles. The second-order valence-corrected chi connectivity index (χ2v) is 6.23. The fourth-order valence-corrected chi connectivity index (χ4v) is 3.77. The number of sulfonamides is 1. The number of hydrogen-bond donors (Lipinski definition) is 1. The molecule has 1 aromatic heterocycles. The highest BCUT2D eigenvalue weighted by molar-refractivity contribution is 7.91. The van der Waals surface area contributed by atoms with E-state index in [-0.39, 0.29) is 4.21 Å². The maximum absolute atomic E-state index is 11.3. The van der Waals surface area contributed by atoms with Crippen LogP contribution in [0.5, 0.6) is 5.75 Å². The van der Waals surface area contributed by atoms with Gasteiger partial charge in [-0.05, 0) is 30.7 Å². The van der Waals surface area contributed by atoms with Crippen LogP contribution < -0.4 is 9.88 Å². The smallest absolute Gasteiger partial charge is 0.247 e. The van der Waals surface area contributed by atoms with Gasteiger partial charge in [0.2, 0.25) is 10.0 Å². The quantitative estimate of drug-likeness (QED) is 0.892. The lowest BCUT2D eigenvalue weighted by Crippen LogP contribution is -2.11. The van der Waals surface area contributed by atoms with Crippen LogP contribution in [0.2, 0.25) is 0 Å². The van der Waals surface area contributed by atoms with Crippen molar-refractivity contribution >= 4 is 31.4 Å². The lowest BCUT2D eigenvalue weighted by atomic mass is 10.2. The van der Waals surface area contributed by atoms with Crippen molar-refractivity contribution in [1.82, 2.24) is 0 Å². The van der Waals surface area contributed by atoms with Gasteiger partial charge in [0.15, 0.2) is 0 Å². The molecule has 2 rings (SSSR count). The summed E-state index contributed by atoms with van der Waals surface area (Å²) in [5, 5.41) is 6.01. The number of hydrogen-bond acceptors (Lipinski definition) is 4. The van der Waals surface area contributed by atoms with Crippen molar-refractivity contribution in [2.24, 2.45) is 5.14 Å². The minimum absolute atomic E-state index is 0.218. The summed E-state index contributed by atoms with van der Waals surface area (Å²) in [4.78, 5) is 0. The van der Waals surface area contributed by atoms with Gasteiger partial charge in [-0.25, -0.2) is 13.6 Å². The summed E-state index contributed by atoms with van der Waals surface area (Å²) < 4.78 is 28.9. The van der Waals surface area contributed by atoms with E-state index >= 15 is 0 Å². The van der Waals surface area contributed by atoms with Crippen LogP contribution in [0.1, 0.15) is 5.56 Å². The molecule has 86 valence electrons. The standard InChI is InChI=1S/C10H11NO3S2/c1-6-8-5-7(14-2)3-4-9(8)15-10(6)16(11,12)13/h3-5H,1-2H3,(H2,11,12,13). The van der Waals surface area contributed by atoms with Crippen LogP contribution in [0.3, 0.4) is 0 Å². The van der Waals surface area contributed by atoms with Gasteiger partial charge in [-0.15, -0.1) is 11.3 Å². The Morgan fingerprint density at radius 3 is 2.62 bits per heavy atom. The first-order valence-electron chi connectivity index (χ1n) is 4.53. The van der Waals surface area contributed by atoms with Gasteiger partial charge in [0.25, 0.3) is 0 Å². The van der Waals surface area contributed by atoms with Gasteiger partial charge in [-0.2, -0.15) is 0 Å². The van der Waals surface area contributed by atoms with Gasteiger partial charge in [-0.1, -0.05) is 0 Å². The van der Waals surface area contributed by atoms with E-state index in [1.807, 2.05) is 12.1 Å². The monoisotopic (exact) mass is 257 g/mol. The highest BCUT2D eigenvalue weighted by Crippen LogP contribution is 2.35. The Morgan fingerprint density at radius 1 is 1.38 bits per heavy atom. The van der Waals surface area contributed by atoms with Crippen LogP contribution in [-0.2, 0) is 10.0 Å². The first kappa shape index (κ1) is 11.4. The Labute approximate surface area is 97.7 Å². The molecule has 0 saturated heterocycles. The minimum atomic E-state index is -3.64. The molecule has 0 radical (unpaired) electrons. The molecule has 1 aromatic carbocycles. The van der Waals surface area contributed by atoms with Crippen LogP contribution in [0.25, 0.3) is 10.1 Å². The third-order valence-electron chi connectivity index (χ3n) is 2.36. The molecular formula is C10H11NO3S2. The molecule has 16 heavy (non-hydrogen) atoms. The van der Waals surface area contributed by atoms with Gasteiger partial charge >= 0.3 is 0 Å². The third-order valence-corrected chi connectivity index (χ3v) is 5.20. The van der Waals surface area contributed by atoms with Crippen molar-refractivity contribution < 1.29 is 13.2 Å². The summed E-state index contributed by atoms with van der Waals surface area (Å²) in [7, 11) is -2.06. The number of benzene rings is 1. The Morgan fingerprint density at radius 2 is 2.06 bits per heavy atom. The summed E-state index contributed by atoms with van der Waals surface area (Å²) in [6.07, 6.45) is 0. The normalized spacial score (nSPS) is 11.9. The van der Waals surface area contributed by atoms with E-state index < -0.39 is 10.0 Å². The van der Waals surface area contributed by atoms with Crippen molar-refractivity contribution in [2.45, 2.75) is 11.1 Å². The molecule has 0 aliphatic rings. The average molecular weight is 257 g/mol. The van der Waals surface area contributed by atoms with E-state index in [9.17, 15) is 8.42 Å². The number of nitrogens with two attached hydrogens (primary N) is 1. The summed E-state index contributed by atoms with van der Waals surface area (Å²) >= 11 is 1.18. The molecule has 0 aliphatic heterocycles. The molecule has 0 saturated carbocycles. The van der Waals surface area contributed by atoms with E-state index in [4.69, 9.17) is 9.88 Å². The minimum Gasteiger partial charge on any atom is -0.497 e. The molecule has 4 nitrogen and oxygen atoms in total. The maximum atomic E-state index is 11.3. The maximum Gasteiger partial charge on any atom is 0.247 e. The van der Waals surface area contributed by atoms with Gasteiger partial charge in [-0.3, -0.25) is 0 Å². The third kappa shape index (κ3) is 1.79. The first-order chi connectivity index (χ1) is 7.43. The first-order valence-corrected chi connectivity index (χ1v) is 6.89. The molecule has 0 atom stereocenters. The summed E-state index contributed by atoms with van der Waals surface area (Å²) in [6.45, 7) is 1.75. The molecule has 0 aliphatic carbocycles. The molecule has 0 amide bonds. The highest BCUT2D eigenvalue weighted by Gasteiger charge is 2.17. The number of rotatable bonds is 2. The number of ether oxygens (including phenoxy) is 1. The van der Waals surface area contributed by atoms with Gasteiger partial charge in [0.05, 0.1) is 7.11 Å². The van der Waals surface area contributed by atoms with Crippen molar-refractivity contribution in [1.29, 1.82) is 0 Å². The fourth-order valence-electron chi connectivity index (χ4n) is 1.58. The Kier molecular flexibility index (Phi) is 2.65. The predicted octanol–water partition coefficient (Wildman–Crippen LogP) is 1.87. The van der Waals surface area contributed by atoms with Crippen LogP contribution in [-0.4, -0.2) is 15.5 Å². The van der Waals surface area contributed by atoms with Gasteiger partial charge < -0.3 is 4.74 Å². The van der Waals surface area contributed by atoms with Crippen LogP contribution >= 0.6 is 11.3 Å². The number of primary sulfonamides is 1. The molecular weight excluding hydrogens is 246 g/mol. The van der Waals surface area contributed by atoms with Crippen molar-refractivity contribution in [3.63, 3.8) is 0 Å². The Bertz CT molecular complexity index is 643. The van der Waals surface area contributed by atoms with Crippen molar-refractivity contribution in [2.75, 3.05) is 7.11 Å². The molecule has 0 unspecified atom stereocenters. The molecule has 2 aromatic rings. The molecule has 0 spiro atoms. The number of methoxy groups -OCH3 is 1. The van der Waals surface area contributed by atoms with E-state index in [0.717, 1.165) is 10.1 Å². The summed E-state index contributed by atoms with van der Waals surface area (Å²) in [5.41, 5.74) is 0.682. The van der Waals surface area contributed by atoms with E-state index in [2.05, 4.69) is 0 Å². The zero-order valence-corrected chi connectivity index (χ0v) is 10.5. The number of fused-ring (bicyclic) bond motifs is 1. The van der Waals surface area contributed by atoms with Crippen LogP contribution in [0.15, 0.2) is 22.4 Å². The van der Waals surface area contributed by atoms with Crippen LogP contribution in [0.4, 0.5) is 0 Å². The Balaban J connectivity index is 2.79. The number of thiophene rings is 1. The average Bonchev–Trinajstić information content (AvgIpc) is 2.55. The zero-order valence-electron chi connectivity index (χ0n) is 8.85. The van der Waals surface area contributed by atoms with Crippen molar-refractivity contribution in [3.05, 3.63) is 23.8 Å². The summed E-state index contributed by atoms with van der Waals surface area (Å²) in [6, 6.07) is 5.45. The molecule has 2 N–H and O–H groups in total. The SMILES string of the molecule is COc1ccc2sc(S(N)(=O)=O)c(C)c2c1. The zero-order chi connectivity index (χ0) is 11.9. The second kappa shape index (κ2) is 3.73. The predicted molar refractivity (Wildman–Crippen MR) is 64.5 cm³/mol. The Hall–Kier alpha value is -1.11. The molecule has 0 fully saturated rings. The van der Waals surface area contributed by atoms with E-state index in [0.29, 0.717) is 11.3 Å². The fraction of sp³-hybridized carbons (Fsp3) is 0.200. The summed E-state index contributed by atoms with van der Waals surface area (Å²) in [5.74, 6) is 0.703. The van der Waals surface area contributed by atoms with Crippen molar-refractivity contribution in [3.8, 4) is 5.75 Å². The van der Waals surface area contributed by atoms with E-state index in [1.54, 1.807) is 20.1 Å². The highest BCUT2D eigenvalue weighted by atomic mass is 32.2. The topological polar surface area (TPSA) is 69.4 Å². The van der Waals surface area contributed by atoms with Crippen LogP contribution in [0, 0.1) is 6.92 Å². The largest absolute Gasteiger partial charge is 0.497 e. The molecule has 0 bridgehead atoms.